The first-order valence-electron chi connectivity index (χ1n) is 10.7. The zero-order valence-electron chi connectivity index (χ0n) is 18.3. The van der Waals surface area contributed by atoms with Gasteiger partial charge in [-0.3, -0.25) is 4.79 Å². The van der Waals surface area contributed by atoms with Gasteiger partial charge in [0.15, 0.2) is 0 Å². The summed E-state index contributed by atoms with van der Waals surface area (Å²) >= 11 is 0. The molecule has 3 amide bonds. The molecule has 0 bridgehead atoms. The number of aryl methyl sites for hydroxylation is 1. The molecule has 3 N–H and O–H groups in total. The quantitative estimate of drug-likeness (QED) is 0.556. The van der Waals surface area contributed by atoms with Crippen LogP contribution in [-0.4, -0.2) is 53.3 Å². The van der Waals surface area contributed by atoms with Gasteiger partial charge in [0.25, 0.3) is 5.91 Å². The van der Waals surface area contributed by atoms with Crippen molar-refractivity contribution in [1.29, 1.82) is 0 Å². The monoisotopic (exact) mass is 432 g/mol. The average molecular weight is 433 g/mol. The van der Waals surface area contributed by atoms with E-state index in [4.69, 9.17) is 0 Å². The Kier molecular flexibility index (Phi) is 6.51. The van der Waals surface area contributed by atoms with Crippen LogP contribution in [0.4, 0.5) is 16.2 Å². The van der Waals surface area contributed by atoms with E-state index in [-0.39, 0.29) is 11.9 Å². The van der Waals surface area contributed by atoms with Gasteiger partial charge in [0.1, 0.15) is 0 Å². The Morgan fingerprint density at radius 3 is 2.75 bits per heavy atom. The molecule has 0 saturated carbocycles. The summed E-state index contributed by atoms with van der Waals surface area (Å²) in [5.41, 5.74) is 3.60. The van der Waals surface area contributed by atoms with Crippen molar-refractivity contribution in [1.82, 2.24) is 20.0 Å². The number of hydrogen-bond acceptors (Lipinski definition) is 4. The van der Waals surface area contributed by atoms with Gasteiger partial charge in [-0.05, 0) is 62.7 Å². The first-order chi connectivity index (χ1) is 15.5. The molecule has 32 heavy (non-hydrogen) atoms. The molecule has 1 saturated heterocycles. The molecule has 1 atom stereocenters. The van der Waals surface area contributed by atoms with Gasteiger partial charge in [-0.2, -0.15) is 5.10 Å². The predicted octanol–water partition coefficient (Wildman–Crippen LogP) is 3.51. The topological polar surface area (TPSA) is 91.3 Å². The molecule has 8 nitrogen and oxygen atoms in total. The van der Waals surface area contributed by atoms with E-state index in [0.717, 1.165) is 36.4 Å². The summed E-state index contributed by atoms with van der Waals surface area (Å²) in [5.74, 6) is 0.405. The molecule has 1 aliphatic heterocycles. The first-order valence-corrected chi connectivity index (χ1v) is 10.7. The van der Waals surface area contributed by atoms with Crippen LogP contribution >= 0.6 is 0 Å². The summed E-state index contributed by atoms with van der Waals surface area (Å²) in [6.45, 7) is 4.71. The Balaban J connectivity index is 1.37. The molecule has 1 aromatic heterocycles. The highest BCUT2D eigenvalue weighted by Crippen LogP contribution is 2.17. The van der Waals surface area contributed by atoms with Crippen LogP contribution in [0.2, 0.25) is 0 Å². The van der Waals surface area contributed by atoms with E-state index in [2.05, 4.69) is 33.0 Å². The van der Waals surface area contributed by atoms with Crippen molar-refractivity contribution >= 4 is 23.3 Å². The molecule has 0 radical (unpaired) electrons. The summed E-state index contributed by atoms with van der Waals surface area (Å²) in [6, 6.07) is 14.5. The second-order valence-corrected chi connectivity index (χ2v) is 8.24. The van der Waals surface area contributed by atoms with Gasteiger partial charge < -0.3 is 20.9 Å². The maximum absolute atomic E-state index is 12.6. The summed E-state index contributed by atoms with van der Waals surface area (Å²) in [4.78, 5) is 27.2. The first kappa shape index (κ1) is 21.6. The molecule has 0 aliphatic carbocycles. The maximum Gasteiger partial charge on any atom is 0.323 e. The molecule has 2 heterocycles. The van der Waals surface area contributed by atoms with E-state index in [1.54, 1.807) is 29.2 Å². The number of para-hydroxylation sites is 1. The summed E-state index contributed by atoms with van der Waals surface area (Å²) in [6.07, 6.45) is 4.39. The zero-order valence-corrected chi connectivity index (χ0v) is 18.3. The number of urea groups is 1. The fourth-order valence-electron chi connectivity index (χ4n) is 3.85. The minimum atomic E-state index is -0.343. The lowest BCUT2D eigenvalue weighted by molar-refractivity contribution is 0.0947. The molecular weight excluding hydrogens is 404 g/mol. The average Bonchev–Trinajstić information content (AvgIpc) is 3.42. The van der Waals surface area contributed by atoms with Gasteiger partial charge in [-0.1, -0.05) is 24.3 Å². The Morgan fingerprint density at radius 1 is 1.12 bits per heavy atom. The van der Waals surface area contributed by atoms with Gasteiger partial charge in [0.2, 0.25) is 0 Å². The van der Waals surface area contributed by atoms with Crippen molar-refractivity contribution in [2.75, 3.05) is 37.3 Å². The van der Waals surface area contributed by atoms with Gasteiger partial charge in [0.05, 0.1) is 23.8 Å². The van der Waals surface area contributed by atoms with Crippen LogP contribution in [0.5, 0.6) is 0 Å². The lowest BCUT2D eigenvalue weighted by atomic mass is 10.1. The number of nitrogens with zero attached hydrogens (tertiary/aromatic N) is 3. The van der Waals surface area contributed by atoms with Crippen LogP contribution in [0.1, 0.15) is 22.3 Å². The fourth-order valence-corrected chi connectivity index (χ4v) is 3.85. The molecule has 1 unspecified atom stereocenters. The number of likely N-dealkylation sites (tertiary alicyclic amines) is 1. The van der Waals surface area contributed by atoms with E-state index in [0.29, 0.717) is 23.7 Å². The largest absolute Gasteiger partial charge is 0.352 e. The summed E-state index contributed by atoms with van der Waals surface area (Å²) in [5, 5.41) is 13.0. The molecule has 0 spiro atoms. The van der Waals surface area contributed by atoms with Crippen molar-refractivity contribution in [2.45, 2.75) is 13.3 Å². The van der Waals surface area contributed by atoms with Crippen LogP contribution in [0.15, 0.2) is 60.9 Å². The second-order valence-electron chi connectivity index (χ2n) is 8.24. The SMILES string of the molecule is Cc1ccccc1NC(=O)Nc1cnn(-c2cccc(C(=O)NCC3CCN(C)C3)c2)c1. The van der Waals surface area contributed by atoms with E-state index < -0.39 is 0 Å². The van der Waals surface area contributed by atoms with E-state index in [1.807, 2.05) is 43.3 Å². The van der Waals surface area contributed by atoms with Crippen molar-refractivity contribution < 1.29 is 9.59 Å². The number of anilines is 2. The second kappa shape index (κ2) is 9.65. The van der Waals surface area contributed by atoms with Gasteiger partial charge in [-0.15, -0.1) is 0 Å². The number of amides is 3. The standard InChI is InChI=1S/C24H28N6O2/c1-17-6-3-4-9-22(17)28-24(32)27-20-14-26-30(16-20)21-8-5-7-19(12-21)23(31)25-13-18-10-11-29(2)15-18/h3-9,12,14,16,18H,10-11,13,15H2,1-2H3,(H,25,31)(H2,27,28,32). The Morgan fingerprint density at radius 2 is 1.97 bits per heavy atom. The van der Waals surface area contributed by atoms with Crippen molar-refractivity contribution in [3.05, 3.63) is 72.1 Å². The van der Waals surface area contributed by atoms with Crippen LogP contribution in [0.25, 0.3) is 5.69 Å². The highest BCUT2D eigenvalue weighted by molar-refractivity contribution is 6.00. The number of aromatic nitrogens is 2. The lowest BCUT2D eigenvalue weighted by Crippen LogP contribution is -2.30. The molecule has 3 aromatic rings. The Bertz CT molecular complexity index is 1110. The van der Waals surface area contributed by atoms with Crippen LogP contribution < -0.4 is 16.0 Å². The number of nitrogens with one attached hydrogen (secondary N) is 3. The smallest absolute Gasteiger partial charge is 0.323 e. The van der Waals surface area contributed by atoms with Gasteiger partial charge >= 0.3 is 6.03 Å². The third-order valence-corrected chi connectivity index (χ3v) is 5.65. The maximum atomic E-state index is 12.6. The molecule has 1 fully saturated rings. The van der Waals surface area contributed by atoms with Crippen molar-refractivity contribution in [2.24, 2.45) is 5.92 Å². The Labute approximate surface area is 187 Å². The van der Waals surface area contributed by atoms with Crippen molar-refractivity contribution in [3.8, 4) is 5.69 Å². The third kappa shape index (κ3) is 5.33. The highest BCUT2D eigenvalue weighted by Gasteiger charge is 2.20. The lowest BCUT2D eigenvalue weighted by Gasteiger charge is -2.12. The summed E-state index contributed by atoms with van der Waals surface area (Å²) < 4.78 is 1.63. The minimum absolute atomic E-state index is 0.0930. The number of carbonyl (C=O) groups is 2. The van der Waals surface area contributed by atoms with E-state index in [1.165, 1.54) is 0 Å². The number of rotatable bonds is 6. The van der Waals surface area contributed by atoms with Crippen molar-refractivity contribution in [3.63, 3.8) is 0 Å². The number of carbonyl (C=O) groups excluding carboxylic acids is 2. The van der Waals surface area contributed by atoms with Gasteiger partial charge in [0, 0.05) is 24.3 Å². The Hall–Kier alpha value is -3.65. The normalized spacial score (nSPS) is 16.0. The van der Waals surface area contributed by atoms with Crippen LogP contribution in [-0.2, 0) is 0 Å². The molecule has 2 aromatic carbocycles. The van der Waals surface area contributed by atoms with E-state index >= 15 is 0 Å². The van der Waals surface area contributed by atoms with Gasteiger partial charge in [-0.25, -0.2) is 9.48 Å². The van der Waals surface area contributed by atoms with E-state index in [9.17, 15) is 9.59 Å². The molecule has 1 aliphatic rings. The molecular formula is C24H28N6O2. The minimum Gasteiger partial charge on any atom is -0.352 e. The fraction of sp³-hybridized carbons (Fsp3) is 0.292. The molecule has 166 valence electrons. The van der Waals surface area contributed by atoms with Crippen LogP contribution in [0.3, 0.4) is 0 Å². The highest BCUT2D eigenvalue weighted by atomic mass is 16.2. The number of benzene rings is 2. The molecule has 4 rings (SSSR count). The predicted molar refractivity (Wildman–Crippen MR) is 125 cm³/mol. The zero-order chi connectivity index (χ0) is 22.5. The number of hydrogen-bond donors (Lipinski definition) is 3. The molecule has 8 heteroatoms. The third-order valence-electron chi connectivity index (χ3n) is 5.65. The van der Waals surface area contributed by atoms with Crippen LogP contribution in [0, 0.1) is 12.8 Å². The summed E-state index contributed by atoms with van der Waals surface area (Å²) in [7, 11) is 2.10.